The van der Waals surface area contributed by atoms with Crippen molar-refractivity contribution in [1.29, 1.82) is 0 Å². The number of anilines is 1. The summed E-state index contributed by atoms with van der Waals surface area (Å²) < 4.78 is 0. The van der Waals surface area contributed by atoms with Crippen LogP contribution in [0.1, 0.15) is 10.4 Å². The van der Waals surface area contributed by atoms with Crippen LogP contribution in [0.3, 0.4) is 0 Å². The number of benzene rings is 1. The molecule has 24 heavy (non-hydrogen) atoms. The third kappa shape index (κ3) is 3.39. The number of carbonyl (C=O) groups is 1. The van der Waals surface area contributed by atoms with Gasteiger partial charge in [0.2, 0.25) is 0 Å². The molecule has 0 atom stereocenters. The standard InChI is InChI=1S/C15H9ClN4O3S/c16-10-3-4-13(20(22)23)11(6-10)14(21)19-15-18-12(8-24-15)9-2-1-5-17-7-9/h1-8H,(H,18,19,21). The minimum absolute atomic E-state index is 0.120. The van der Waals surface area contributed by atoms with Gasteiger partial charge in [0.25, 0.3) is 11.6 Å². The van der Waals surface area contributed by atoms with Crippen LogP contribution in [-0.2, 0) is 0 Å². The molecule has 0 aliphatic rings. The molecule has 1 aromatic carbocycles. The van der Waals surface area contributed by atoms with Crippen molar-refractivity contribution in [2.24, 2.45) is 0 Å². The van der Waals surface area contributed by atoms with Crippen molar-refractivity contribution >= 4 is 39.7 Å². The molecule has 0 fully saturated rings. The monoisotopic (exact) mass is 360 g/mol. The zero-order chi connectivity index (χ0) is 17.1. The van der Waals surface area contributed by atoms with Crippen molar-refractivity contribution in [1.82, 2.24) is 9.97 Å². The molecule has 120 valence electrons. The summed E-state index contributed by atoms with van der Waals surface area (Å²) in [6, 6.07) is 7.43. The van der Waals surface area contributed by atoms with E-state index in [4.69, 9.17) is 11.6 Å². The van der Waals surface area contributed by atoms with Gasteiger partial charge in [-0.2, -0.15) is 0 Å². The maximum absolute atomic E-state index is 12.3. The van der Waals surface area contributed by atoms with Gasteiger partial charge in [0.05, 0.1) is 10.6 Å². The van der Waals surface area contributed by atoms with Crippen LogP contribution in [0.4, 0.5) is 10.8 Å². The third-order valence-electron chi connectivity index (χ3n) is 3.08. The Labute approximate surface area is 145 Å². The van der Waals surface area contributed by atoms with Crippen molar-refractivity contribution in [2.45, 2.75) is 0 Å². The lowest BCUT2D eigenvalue weighted by Gasteiger charge is -2.03. The number of nitrogens with one attached hydrogen (secondary N) is 1. The molecule has 0 radical (unpaired) electrons. The second-order valence-electron chi connectivity index (χ2n) is 4.65. The highest BCUT2D eigenvalue weighted by Gasteiger charge is 2.21. The first kappa shape index (κ1) is 16.0. The minimum Gasteiger partial charge on any atom is -0.298 e. The number of nitro benzene ring substituents is 1. The summed E-state index contributed by atoms with van der Waals surface area (Å²) in [5.41, 5.74) is 1.03. The first-order valence-electron chi connectivity index (χ1n) is 6.66. The quantitative estimate of drug-likeness (QED) is 0.559. The number of aromatic nitrogens is 2. The third-order valence-corrected chi connectivity index (χ3v) is 4.07. The Morgan fingerprint density at radius 1 is 1.33 bits per heavy atom. The average Bonchev–Trinajstić information content (AvgIpc) is 3.03. The molecule has 3 rings (SSSR count). The molecule has 0 aliphatic heterocycles. The zero-order valence-electron chi connectivity index (χ0n) is 12.0. The average molecular weight is 361 g/mol. The van der Waals surface area contributed by atoms with Crippen LogP contribution in [-0.4, -0.2) is 20.8 Å². The van der Waals surface area contributed by atoms with Crippen molar-refractivity contribution in [3.8, 4) is 11.3 Å². The Morgan fingerprint density at radius 2 is 2.17 bits per heavy atom. The molecule has 0 aliphatic carbocycles. The fourth-order valence-corrected chi connectivity index (χ4v) is 2.88. The molecule has 0 saturated carbocycles. The molecule has 9 heteroatoms. The Balaban J connectivity index is 1.85. The Morgan fingerprint density at radius 3 is 2.88 bits per heavy atom. The smallest absolute Gasteiger partial charge is 0.282 e. The fourth-order valence-electron chi connectivity index (χ4n) is 1.99. The van der Waals surface area contributed by atoms with E-state index in [1.54, 1.807) is 23.8 Å². The van der Waals surface area contributed by atoms with Crippen LogP contribution in [0.5, 0.6) is 0 Å². The van der Waals surface area contributed by atoms with Crippen LogP contribution in [0, 0.1) is 10.1 Å². The largest absolute Gasteiger partial charge is 0.298 e. The zero-order valence-corrected chi connectivity index (χ0v) is 13.5. The van der Waals surface area contributed by atoms with Crippen LogP contribution >= 0.6 is 22.9 Å². The van der Waals surface area contributed by atoms with E-state index in [1.807, 2.05) is 6.07 Å². The summed E-state index contributed by atoms with van der Waals surface area (Å²) in [4.78, 5) is 31.0. The Kier molecular flexibility index (Phi) is 4.50. The number of pyridine rings is 1. The van der Waals surface area contributed by atoms with E-state index >= 15 is 0 Å². The Hall–Kier alpha value is -2.84. The van der Waals surface area contributed by atoms with Crippen LogP contribution in [0.15, 0.2) is 48.1 Å². The van der Waals surface area contributed by atoms with Gasteiger partial charge in [-0.1, -0.05) is 11.6 Å². The maximum atomic E-state index is 12.3. The number of carbonyl (C=O) groups excluding carboxylic acids is 1. The molecular weight excluding hydrogens is 352 g/mol. The maximum Gasteiger partial charge on any atom is 0.282 e. The van der Waals surface area contributed by atoms with Gasteiger partial charge < -0.3 is 0 Å². The summed E-state index contributed by atoms with van der Waals surface area (Å²) >= 11 is 7.04. The van der Waals surface area contributed by atoms with Gasteiger partial charge in [-0.3, -0.25) is 25.2 Å². The molecule has 0 unspecified atom stereocenters. The van der Waals surface area contributed by atoms with E-state index in [0.717, 1.165) is 5.56 Å². The van der Waals surface area contributed by atoms with E-state index in [0.29, 0.717) is 10.8 Å². The summed E-state index contributed by atoms with van der Waals surface area (Å²) in [5.74, 6) is -0.642. The number of hydrogen-bond donors (Lipinski definition) is 1. The SMILES string of the molecule is O=C(Nc1nc(-c2cccnc2)cs1)c1cc(Cl)ccc1[N+](=O)[O-]. The Bertz CT molecular complexity index is 914. The molecule has 2 heterocycles. The predicted octanol–water partition coefficient (Wildman–Crippen LogP) is 4.02. The van der Waals surface area contributed by atoms with Gasteiger partial charge in [-0.25, -0.2) is 4.98 Å². The number of thiazole rings is 1. The number of amides is 1. The number of nitro groups is 1. The number of rotatable bonds is 4. The van der Waals surface area contributed by atoms with Crippen molar-refractivity contribution < 1.29 is 9.72 Å². The van der Waals surface area contributed by atoms with Crippen LogP contribution < -0.4 is 5.32 Å². The molecule has 3 aromatic rings. The molecule has 2 aromatic heterocycles. The van der Waals surface area contributed by atoms with Gasteiger partial charge in [0.15, 0.2) is 5.13 Å². The molecule has 7 nitrogen and oxygen atoms in total. The first-order valence-corrected chi connectivity index (χ1v) is 7.91. The highest BCUT2D eigenvalue weighted by Crippen LogP contribution is 2.27. The summed E-state index contributed by atoms with van der Waals surface area (Å²) in [5, 5.41) is 15.9. The molecule has 1 N–H and O–H groups in total. The first-order chi connectivity index (χ1) is 11.5. The second-order valence-corrected chi connectivity index (χ2v) is 5.95. The van der Waals surface area contributed by atoms with Crippen LogP contribution in [0.25, 0.3) is 11.3 Å². The van der Waals surface area contributed by atoms with E-state index in [9.17, 15) is 14.9 Å². The van der Waals surface area contributed by atoms with Crippen molar-refractivity contribution in [3.63, 3.8) is 0 Å². The molecular formula is C15H9ClN4O3S. The fraction of sp³-hybridized carbons (Fsp3) is 0. The number of hydrogen-bond acceptors (Lipinski definition) is 6. The van der Waals surface area contributed by atoms with Gasteiger partial charge in [-0.15, -0.1) is 11.3 Å². The summed E-state index contributed by atoms with van der Waals surface area (Å²) in [6.07, 6.45) is 3.30. The highest BCUT2D eigenvalue weighted by molar-refractivity contribution is 7.14. The van der Waals surface area contributed by atoms with Gasteiger partial charge in [-0.05, 0) is 24.3 Å². The topological polar surface area (TPSA) is 98.0 Å². The second kappa shape index (κ2) is 6.73. The lowest BCUT2D eigenvalue weighted by atomic mass is 10.1. The molecule has 0 bridgehead atoms. The van der Waals surface area contributed by atoms with Crippen molar-refractivity contribution in [2.75, 3.05) is 5.32 Å². The summed E-state index contributed by atoms with van der Waals surface area (Å²) in [6.45, 7) is 0. The van der Waals surface area contributed by atoms with Gasteiger partial charge in [0.1, 0.15) is 5.56 Å². The van der Waals surface area contributed by atoms with Gasteiger partial charge in [0, 0.05) is 34.4 Å². The van der Waals surface area contributed by atoms with E-state index in [1.165, 1.54) is 29.5 Å². The van der Waals surface area contributed by atoms with E-state index in [-0.39, 0.29) is 16.3 Å². The van der Waals surface area contributed by atoms with Gasteiger partial charge >= 0.3 is 0 Å². The van der Waals surface area contributed by atoms with Crippen LogP contribution in [0.2, 0.25) is 5.02 Å². The molecule has 0 saturated heterocycles. The number of halogens is 1. The van der Waals surface area contributed by atoms with E-state index in [2.05, 4.69) is 15.3 Å². The minimum atomic E-state index is -0.642. The summed E-state index contributed by atoms with van der Waals surface area (Å²) in [7, 11) is 0. The van der Waals surface area contributed by atoms with Crippen molar-refractivity contribution in [3.05, 3.63) is 68.8 Å². The lowest BCUT2D eigenvalue weighted by molar-refractivity contribution is -0.385. The van der Waals surface area contributed by atoms with E-state index < -0.39 is 10.8 Å². The predicted molar refractivity (Wildman–Crippen MR) is 91.4 cm³/mol. The number of nitrogens with zero attached hydrogens (tertiary/aromatic N) is 3. The molecule has 1 amide bonds. The highest BCUT2D eigenvalue weighted by atomic mass is 35.5. The lowest BCUT2D eigenvalue weighted by Crippen LogP contribution is -2.13. The molecule has 0 spiro atoms. The normalized spacial score (nSPS) is 10.4.